The summed E-state index contributed by atoms with van der Waals surface area (Å²) in [4.78, 5) is 23.2. The standard InChI is InChI=1S/C18H28FN3O3/c1-6-7-17(23)25-11-16(21-5)14(9-20)15(12(2)3)10-22-18(24)13(4)8-19/h9-10,12,20-21H,4,6-8,11H2,1-3,5H3,(H,22,24)/b15-10+,16-14+,20-9?. The minimum absolute atomic E-state index is 0.00472. The van der Waals surface area contributed by atoms with E-state index in [4.69, 9.17) is 10.1 Å². The summed E-state index contributed by atoms with van der Waals surface area (Å²) >= 11 is 0. The van der Waals surface area contributed by atoms with Crippen molar-refractivity contribution in [3.05, 3.63) is 35.2 Å². The van der Waals surface area contributed by atoms with Crippen molar-refractivity contribution in [3.8, 4) is 0 Å². The summed E-state index contributed by atoms with van der Waals surface area (Å²) in [6, 6.07) is 0. The molecule has 140 valence electrons. The smallest absolute Gasteiger partial charge is 0.306 e. The fourth-order valence-corrected chi connectivity index (χ4v) is 1.92. The maximum absolute atomic E-state index is 12.5. The molecular formula is C18H28FN3O3. The van der Waals surface area contributed by atoms with Crippen molar-refractivity contribution < 1.29 is 18.7 Å². The summed E-state index contributed by atoms with van der Waals surface area (Å²) in [5.74, 6) is -0.974. The molecule has 0 bridgehead atoms. The van der Waals surface area contributed by atoms with E-state index < -0.39 is 12.6 Å². The molecule has 25 heavy (non-hydrogen) atoms. The predicted molar refractivity (Wildman–Crippen MR) is 96.9 cm³/mol. The Kier molecular flexibility index (Phi) is 10.8. The largest absolute Gasteiger partial charge is 0.459 e. The molecule has 0 heterocycles. The predicted octanol–water partition coefficient (Wildman–Crippen LogP) is 2.63. The van der Waals surface area contributed by atoms with Gasteiger partial charge in [0.25, 0.3) is 5.91 Å². The molecule has 0 aromatic rings. The van der Waals surface area contributed by atoms with Crippen LogP contribution in [0.4, 0.5) is 4.39 Å². The first-order chi connectivity index (χ1) is 11.8. The number of hydrogen-bond acceptors (Lipinski definition) is 5. The average Bonchev–Trinajstić information content (AvgIpc) is 2.59. The zero-order valence-electron chi connectivity index (χ0n) is 15.4. The van der Waals surface area contributed by atoms with Gasteiger partial charge in [-0.3, -0.25) is 9.59 Å². The van der Waals surface area contributed by atoms with E-state index in [2.05, 4.69) is 17.2 Å². The maximum Gasteiger partial charge on any atom is 0.306 e. The van der Waals surface area contributed by atoms with Crippen LogP contribution in [0.25, 0.3) is 0 Å². The molecule has 0 saturated heterocycles. The monoisotopic (exact) mass is 353 g/mol. The van der Waals surface area contributed by atoms with Crippen LogP contribution < -0.4 is 10.6 Å². The molecule has 0 rings (SSSR count). The summed E-state index contributed by atoms with van der Waals surface area (Å²) in [5, 5.41) is 13.1. The SMILES string of the molecule is C=C(CF)C(=O)N/C=C(/C(C=N)=C(\COC(=O)CCC)NC)C(C)C. The second kappa shape index (κ2) is 12.0. The van der Waals surface area contributed by atoms with Crippen LogP contribution in [0.2, 0.25) is 0 Å². The van der Waals surface area contributed by atoms with Gasteiger partial charge in [0, 0.05) is 37.0 Å². The molecule has 0 fully saturated rings. The lowest BCUT2D eigenvalue weighted by atomic mass is 9.95. The highest BCUT2D eigenvalue weighted by molar-refractivity contribution is 5.94. The Morgan fingerprint density at radius 1 is 1.36 bits per heavy atom. The topological polar surface area (TPSA) is 91.3 Å². The molecule has 0 unspecified atom stereocenters. The molecule has 0 saturated carbocycles. The van der Waals surface area contributed by atoms with Crippen LogP contribution in [0.5, 0.6) is 0 Å². The first kappa shape index (κ1) is 22.6. The van der Waals surface area contributed by atoms with Crippen molar-refractivity contribution in [2.45, 2.75) is 33.6 Å². The van der Waals surface area contributed by atoms with Gasteiger partial charge in [-0.15, -0.1) is 0 Å². The lowest BCUT2D eigenvalue weighted by Crippen LogP contribution is -2.23. The highest BCUT2D eigenvalue weighted by Crippen LogP contribution is 2.20. The van der Waals surface area contributed by atoms with Crippen LogP contribution in [0, 0.1) is 11.3 Å². The third-order valence-corrected chi connectivity index (χ3v) is 3.38. The van der Waals surface area contributed by atoms with Gasteiger partial charge >= 0.3 is 5.97 Å². The summed E-state index contributed by atoms with van der Waals surface area (Å²) in [6.45, 7) is 8.06. The Labute approximate surface area is 148 Å². The van der Waals surface area contributed by atoms with Crippen molar-refractivity contribution in [2.24, 2.45) is 5.92 Å². The zero-order chi connectivity index (χ0) is 19.4. The minimum Gasteiger partial charge on any atom is -0.459 e. The van der Waals surface area contributed by atoms with E-state index in [9.17, 15) is 14.0 Å². The number of carbonyl (C=O) groups is 2. The molecule has 0 aromatic heterocycles. The molecule has 0 aliphatic carbocycles. The highest BCUT2D eigenvalue weighted by atomic mass is 19.1. The van der Waals surface area contributed by atoms with Crippen molar-refractivity contribution in [1.29, 1.82) is 5.41 Å². The quantitative estimate of drug-likeness (QED) is 0.230. The van der Waals surface area contributed by atoms with E-state index in [-0.39, 0.29) is 24.1 Å². The average molecular weight is 353 g/mol. The normalized spacial score (nSPS) is 12.3. The van der Waals surface area contributed by atoms with E-state index in [1.54, 1.807) is 7.05 Å². The lowest BCUT2D eigenvalue weighted by Gasteiger charge is -2.18. The lowest BCUT2D eigenvalue weighted by molar-refractivity contribution is -0.142. The number of esters is 1. The van der Waals surface area contributed by atoms with Crippen molar-refractivity contribution in [3.63, 3.8) is 0 Å². The van der Waals surface area contributed by atoms with Gasteiger partial charge in [-0.2, -0.15) is 0 Å². The number of likely N-dealkylation sites (N-methyl/N-ethyl adjacent to an activating group) is 1. The molecule has 0 spiro atoms. The number of rotatable bonds is 11. The molecule has 0 aliphatic rings. The van der Waals surface area contributed by atoms with Gasteiger partial charge in [-0.05, 0) is 17.9 Å². The van der Waals surface area contributed by atoms with Gasteiger partial charge in [0.05, 0.1) is 5.70 Å². The third-order valence-electron chi connectivity index (χ3n) is 3.38. The van der Waals surface area contributed by atoms with Crippen LogP contribution in [0.1, 0.15) is 33.6 Å². The number of carbonyl (C=O) groups excluding carboxylic acids is 2. The van der Waals surface area contributed by atoms with Crippen molar-refractivity contribution in [2.75, 3.05) is 20.3 Å². The molecule has 0 aromatic carbocycles. The van der Waals surface area contributed by atoms with E-state index in [1.165, 1.54) is 6.20 Å². The number of amides is 1. The van der Waals surface area contributed by atoms with Crippen LogP contribution >= 0.6 is 0 Å². The van der Waals surface area contributed by atoms with Gasteiger partial charge in [0.15, 0.2) is 0 Å². The number of hydrogen-bond donors (Lipinski definition) is 3. The number of halogens is 1. The van der Waals surface area contributed by atoms with Crippen molar-refractivity contribution in [1.82, 2.24) is 10.6 Å². The molecular weight excluding hydrogens is 325 g/mol. The van der Waals surface area contributed by atoms with Crippen LogP contribution in [0.15, 0.2) is 35.2 Å². The fourth-order valence-electron chi connectivity index (χ4n) is 1.92. The molecule has 0 aliphatic heterocycles. The second-order valence-electron chi connectivity index (χ2n) is 5.66. The number of alkyl halides is 1. The van der Waals surface area contributed by atoms with Crippen LogP contribution in [0.3, 0.4) is 0 Å². The number of allylic oxidation sites excluding steroid dienone is 2. The van der Waals surface area contributed by atoms with E-state index >= 15 is 0 Å². The second-order valence-corrected chi connectivity index (χ2v) is 5.66. The Hall–Kier alpha value is -2.44. The number of nitrogens with one attached hydrogen (secondary N) is 3. The molecule has 6 nitrogen and oxygen atoms in total. The van der Waals surface area contributed by atoms with Gasteiger partial charge in [-0.1, -0.05) is 27.4 Å². The molecule has 0 radical (unpaired) electrons. The third kappa shape index (κ3) is 7.78. The summed E-state index contributed by atoms with van der Waals surface area (Å²) in [6.07, 6.45) is 3.57. The minimum atomic E-state index is -0.931. The number of ether oxygens (including phenoxy) is 1. The fraction of sp³-hybridized carbons (Fsp3) is 0.500. The van der Waals surface area contributed by atoms with E-state index in [0.29, 0.717) is 29.7 Å². The summed E-state index contributed by atoms with van der Waals surface area (Å²) < 4.78 is 17.7. The Balaban J connectivity index is 5.52. The van der Waals surface area contributed by atoms with Gasteiger partial charge in [0.2, 0.25) is 0 Å². The Morgan fingerprint density at radius 2 is 2.00 bits per heavy atom. The van der Waals surface area contributed by atoms with Crippen molar-refractivity contribution >= 4 is 18.1 Å². The van der Waals surface area contributed by atoms with Gasteiger partial charge in [-0.25, -0.2) is 4.39 Å². The maximum atomic E-state index is 12.5. The summed E-state index contributed by atoms with van der Waals surface area (Å²) in [5.41, 5.74) is 1.50. The highest BCUT2D eigenvalue weighted by Gasteiger charge is 2.15. The van der Waals surface area contributed by atoms with Gasteiger partial charge in [0.1, 0.15) is 13.3 Å². The first-order valence-corrected chi connectivity index (χ1v) is 8.14. The Morgan fingerprint density at radius 3 is 2.44 bits per heavy atom. The van der Waals surface area contributed by atoms with Crippen LogP contribution in [-0.2, 0) is 14.3 Å². The van der Waals surface area contributed by atoms with Crippen LogP contribution in [-0.4, -0.2) is 38.4 Å². The van der Waals surface area contributed by atoms with Gasteiger partial charge < -0.3 is 20.8 Å². The molecule has 3 N–H and O–H groups in total. The van der Waals surface area contributed by atoms with E-state index in [1.807, 2.05) is 20.8 Å². The summed E-state index contributed by atoms with van der Waals surface area (Å²) in [7, 11) is 1.66. The Bertz CT molecular complexity index is 566. The first-order valence-electron chi connectivity index (χ1n) is 8.14. The molecule has 7 heteroatoms. The molecule has 0 atom stereocenters. The molecule has 1 amide bonds. The zero-order valence-corrected chi connectivity index (χ0v) is 15.4. The van der Waals surface area contributed by atoms with E-state index in [0.717, 1.165) is 6.21 Å².